The van der Waals surface area contributed by atoms with E-state index in [9.17, 15) is 9.59 Å². The van der Waals surface area contributed by atoms with Crippen molar-refractivity contribution in [2.24, 2.45) is 0 Å². The van der Waals surface area contributed by atoms with Crippen LogP contribution in [-0.2, 0) is 22.5 Å². The number of carbonyl (C=O) groups is 2. The number of piperidine rings is 1. The highest BCUT2D eigenvalue weighted by Gasteiger charge is 2.23. The molecule has 0 saturated carbocycles. The molecular formula is C36H47N5O3. The summed E-state index contributed by atoms with van der Waals surface area (Å²) in [5.74, 6) is 0.215. The minimum Gasteiger partial charge on any atom is -0.446 e. The molecule has 3 aromatic rings. The van der Waals surface area contributed by atoms with Gasteiger partial charge in [-0.15, -0.1) is 0 Å². The molecular weight excluding hydrogens is 550 g/mol. The van der Waals surface area contributed by atoms with Gasteiger partial charge in [0.1, 0.15) is 6.10 Å². The lowest BCUT2D eigenvalue weighted by molar-refractivity contribution is -0.130. The van der Waals surface area contributed by atoms with Crippen molar-refractivity contribution in [1.82, 2.24) is 15.1 Å². The molecule has 8 heteroatoms. The first-order valence-corrected chi connectivity index (χ1v) is 16.2. The summed E-state index contributed by atoms with van der Waals surface area (Å²) < 4.78 is 5.77. The fraction of sp³-hybridized carbons (Fsp3) is 0.444. The third-order valence-electron chi connectivity index (χ3n) is 8.72. The summed E-state index contributed by atoms with van der Waals surface area (Å²) in [4.78, 5) is 29.6. The van der Waals surface area contributed by atoms with Crippen LogP contribution in [0.15, 0.2) is 72.8 Å². The van der Waals surface area contributed by atoms with Crippen LogP contribution in [-0.4, -0.2) is 74.2 Å². The van der Waals surface area contributed by atoms with Crippen molar-refractivity contribution in [1.29, 1.82) is 0 Å². The van der Waals surface area contributed by atoms with Gasteiger partial charge in [0.25, 0.3) is 0 Å². The minimum absolute atomic E-state index is 0.103. The number of nitrogens with one attached hydrogen (secondary N) is 3. The van der Waals surface area contributed by atoms with Crippen LogP contribution in [0.4, 0.5) is 16.2 Å². The summed E-state index contributed by atoms with van der Waals surface area (Å²) in [6.07, 6.45) is 5.78. The van der Waals surface area contributed by atoms with Crippen molar-refractivity contribution in [2.75, 3.05) is 56.9 Å². The van der Waals surface area contributed by atoms with Crippen molar-refractivity contribution in [3.63, 3.8) is 0 Å². The number of fused-ring (bicyclic) bond motifs is 1. The molecule has 8 nitrogen and oxygen atoms in total. The first kappa shape index (κ1) is 31.5. The summed E-state index contributed by atoms with van der Waals surface area (Å²) in [7, 11) is 1.91. The lowest BCUT2D eigenvalue weighted by Crippen LogP contribution is -2.42. The predicted molar refractivity (Wildman–Crippen MR) is 178 cm³/mol. The van der Waals surface area contributed by atoms with Crippen LogP contribution in [0.5, 0.6) is 0 Å². The second-order valence-corrected chi connectivity index (χ2v) is 11.9. The van der Waals surface area contributed by atoms with Gasteiger partial charge >= 0.3 is 6.09 Å². The molecule has 1 fully saturated rings. The zero-order chi connectivity index (χ0) is 30.6. The Morgan fingerprint density at radius 1 is 0.955 bits per heavy atom. The SMILES string of the molecule is CN(CCN1CCC(OC(=O)Nc2ccccc2-c2ccccc2)CC1)C(=O)CCCCCNc1ccc2c(c1)CCNC2. The highest BCUT2D eigenvalue weighted by Crippen LogP contribution is 2.28. The van der Waals surface area contributed by atoms with E-state index in [1.54, 1.807) is 0 Å². The minimum atomic E-state index is -0.413. The Kier molecular flexibility index (Phi) is 11.7. The number of para-hydroxylation sites is 1. The molecule has 2 amide bonds. The lowest BCUT2D eigenvalue weighted by Gasteiger charge is -2.32. The quantitative estimate of drug-likeness (QED) is 0.205. The zero-order valence-corrected chi connectivity index (χ0v) is 26.0. The third kappa shape index (κ3) is 9.31. The highest BCUT2D eigenvalue weighted by atomic mass is 16.6. The highest BCUT2D eigenvalue weighted by molar-refractivity contribution is 5.91. The molecule has 0 aromatic heterocycles. The normalized spacial score (nSPS) is 15.3. The van der Waals surface area contributed by atoms with Crippen molar-refractivity contribution in [3.05, 3.63) is 83.9 Å². The number of benzene rings is 3. The molecule has 2 aliphatic rings. The summed E-state index contributed by atoms with van der Waals surface area (Å²) >= 11 is 0. The standard InChI is InChI=1S/C36H47N5O3/c1-40(35(42)14-6-3-9-20-38-31-16-15-30-27-37-21-17-29(30)26-31)24-25-41-22-18-32(19-23-41)44-36(43)39-34-13-8-7-12-33(34)28-10-4-2-5-11-28/h2,4-5,7-8,10-13,15-16,26,32,37-38H,3,6,9,14,17-25,27H2,1H3,(H,39,43). The summed E-state index contributed by atoms with van der Waals surface area (Å²) in [6.45, 7) is 6.23. The van der Waals surface area contributed by atoms with E-state index in [1.807, 2.05) is 66.5 Å². The number of amides is 2. The van der Waals surface area contributed by atoms with Crippen LogP contribution in [0.3, 0.4) is 0 Å². The van der Waals surface area contributed by atoms with Gasteiger partial charge < -0.3 is 25.2 Å². The number of carbonyl (C=O) groups excluding carboxylic acids is 2. The van der Waals surface area contributed by atoms with E-state index >= 15 is 0 Å². The Morgan fingerprint density at radius 3 is 2.59 bits per heavy atom. The van der Waals surface area contributed by atoms with Crippen molar-refractivity contribution in [2.45, 2.75) is 57.6 Å². The molecule has 0 radical (unpaired) electrons. The molecule has 3 N–H and O–H groups in total. The number of likely N-dealkylation sites (tertiary alicyclic amines) is 1. The fourth-order valence-corrected chi connectivity index (χ4v) is 6.01. The number of unbranched alkanes of at least 4 members (excludes halogenated alkanes) is 2. The summed E-state index contributed by atoms with van der Waals surface area (Å²) in [5, 5.41) is 9.90. The maximum atomic E-state index is 12.7. The van der Waals surface area contributed by atoms with E-state index in [0.29, 0.717) is 6.42 Å². The Labute approximate surface area is 262 Å². The van der Waals surface area contributed by atoms with Crippen LogP contribution in [0.25, 0.3) is 11.1 Å². The van der Waals surface area contributed by atoms with Crippen molar-refractivity contribution < 1.29 is 14.3 Å². The maximum Gasteiger partial charge on any atom is 0.411 e. The molecule has 5 rings (SSSR count). The first-order valence-electron chi connectivity index (χ1n) is 16.2. The molecule has 0 unspecified atom stereocenters. The average Bonchev–Trinajstić information content (AvgIpc) is 3.06. The molecule has 0 bridgehead atoms. The molecule has 234 valence electrons. The molecule has 1 saturated heterocycles. The molecule has 2 heterocycles. The van der Waals surface area contributed by atoms with E-state index in [1.165, 1.54) is 16.8 Å². The molecule has 0 atom stereocenters. The van der Waals surface area contributed by atoms with Gasteiger partial charge in [-0.1, -0.05) is 61.0 Å². The number of likely N-dealkylation sites (N-methyl/N-ethyl adjacent to an activating group) is 1. The molecule has 44 heavy (non-hydrogen) atoms. The van der Waals surface area contributed by atoms with Crippen LogP contribution >= 0.6 is 0 Å². The number of hydrogen-bond donors (Lipinski definition) is 3. The number of hydrogen-bond acceptors (Lipinski definition) is 6. The van der Waals surface area contributed by atoms with Crippen molar-refractivity contribution >= 4 is 23.4 Å². The smallest absolute Gasteiger partial charge is 0.411 e. The van der Waals surface area contributed by atoms with Gasteiger partial charge in [-0.25, -0.2) is 4.79 Å². The summed E-state index contributed by atoms with van der Waals surface area (Å²) in [6, 6.07) is 24.5. The van der Waals surface area contributed by atoms with E-state index < -0.39 is 6.09 Å². The van der Waals surface area contributed by atoms with E-state index in [4.69, 9.17) is 4.74 Å². The predicted octanol–water partition coefficient (Wildman–Crippen LogP) is 6.14. The first-order chi connectivity index (χ1) is 21.5. The monoisotopic (exact) mass is 597 g/mol. The van der Waals surface area contributed by atoms with Gasteiger partial charge in [-0.3, -0.25) is 10.1 Å². The van der Waals surface area contributed by atoms with Gasteiger partial charge in [0.05, 0.1) is 5.69 Å². The molecule has 2 aliphatic heterocycles. The van der Waals surface area contributed by atoms with Gasteiger partial charge in [0.15, 0.2) is 0 Å². The van der Waals surface area contributed by atoms with Gasteiger partial charge in [-0.2, -0.15) is 0 Å². The van der Waals surface area contributed by atoms with Crippen LogP contribution in [0.1, 0.15) is 49.7 Å². The van der Waals surface area contributed by atoms with E-state index in [-0.39, 0.29) is 12.0 Å². The third-order valence-corrected chi connectivity index (χ3v) is 8.72. The van der Waals surface area contributed by atoms with Gasteiger partial charge in [0.2, 0.25) is 5.91 Å². The number of anilines is 2. The second-order valence-electron chi connectivity index (χ2n) is 11.9. The number of ether oxygens (including phenoxy) is 1. The number of nitrogens with zero attached hydrogens (tertiary/aromatic N) is 2. The van der Waals surface area contributed by atoms with Crippen LogP contribution in [0.2, 0.25) is 0 Å². The summed E-state index contributed by atoms with van der Waals surface area (Å²) in [5.41, 5.74) is 6.81. The van der Waals surface area contributed by atoms with Crippen LogP contribution in [0, 0.1) is 0 Å². The number of rotatable bonds is 13. The topological polar surface area (TPSA) is 85.9 Å². The van der Waals surface area contributed by atoms with Crippen LogP contribution < -0.4 is 16.0 Å². The van der Waals surface area contributed by atoms with Gasteiger partial charge in [0, 0.05) is 64.0 Å². The second kappa shape index (κ2) is 16.3. The Bertz CT molecular complexity index is 1360. The zero-order valence-electron chi connectivity index (χ0n) is 26.0. The Morgan fingerprint density at radius 2 is 1.75 bits per heavy atom. The Hall–Kier alpha value is -3.88. The largest absolute Gasteiger partial charge is 0.446 e. The van der Waals surface area contributed by atoms with E-state index in [0.717, 1.165) is 101 Å². The maximum absolute atomic E-state index is 12.7. The van der Waals surface area contributed by atoms with Gasteiger partial charge in [-0.05, 0) is 73.5 Å². The van der Waals surface area contributed by atoms with E-state index in [2.05, 4.69) is 39.0 Å². The lowest BCUT2D eigenvalue weighted by atomic mass is 10.0. The molecule has 0 spiro atoms. The average molecular weight is 598 g/mol. The fourth-order valence-electron chi connectivity index (χ4n) is 6.01. The van der Waals surface area contributed by atoms with Crippen molar-refractivity contribution in [3.8, 4) is 11.1 Å². The molecule has 0 aliphatic carbocycles. The Balaban J connectivity index is 0.924. The molecule has 3 aromatic carbocycles.